The first-order valence-electron chi connectivity index (χ1n) is 4.77. The molecule has 0 saturated heterocycles. The van der Waals surface area contributed by atoms with Gasteiger partial charge in [-0.05, 0) is 5.92 Å². The molecule has 16 heavy (non-hydrogen) atoms. The summed E-state index contributed by atoms with van der Waals surface area (Å²) in [6, 6.07) is 0. The van der Waals surface area contributed by atoms with Crippen LogP contribution in [0.25, 0.3) is 0 Å². The number of hydrogen-bond acceptors (Lipinski definition) is 8. The van der Waals surface area contributed by atoms with Crippen molar-refractivity contribution >= 4 is 17.8 Å². The number of anilines is 3. The molecule has 0 unspecified atom stereocenters. The molecule has 1 aromatic rings. The number of nitrogens with zero attached hydrogens (tertiary/aromatic N) is 4. The Labute approximate surface area is 93.5 Å². The van der Waals surface area contributed by atoms with Crippen LogP contribution in [0.2, 0.25) is 0 Å². The minimum Gasteiger partial charge on any atom is -0.368 e. The van der Waals surface area contributed by atoms with Crippen LogP contribution in [0.4, 0.5) is 17.8 Å². The van der Waals surface area contributed by atoms with Crippen molar-refractivity contribution in [3.8, 4) is 0 Å². The van der Waals surface area contributed by atoms with Gasteiger partial charge in [-0.1, -0.05) is 19.1 Å². The Morgan fingerprint density at radius 2 is 1.75 bits per heavy atom. The van der Waals surface area contributed by atoms with Gasteiger partial charge < -0.3 is 11.5 Å². The van der Waals surface area contributed by atoms with Gasteiger partial charge in [0.2, 0.25) is 11.9 Å². The zero-order valence-corrected chi connectivity index (χ0v) is 9.54. The maximum Gasteiger partial charge on any atom is 0.284 e. The molecule has 0 bridgehead atoms. The average Bonchev–Trinajstić information content (AvgIpc) is 2.16. The number of rotatable bonds is 5. The van der Waals surface area contributed by atoms with E-state index in [4.69, 9.17) is 21.1 Å². The van der Waals surface area contributed by atoms with E-state index in [0.29, 0.717) is 12.5 Å². The second kappa shape index (κ2) is 5.42. The van der Waals surface area contributed by atoms with E-state index in [2.05, 4.69) is 15.0 Å². The van der Waals surface area contributed by atoms with E-state index in [1.54, 1.807) is 0 Å². The molecule has 0 aliphatic rings. The molecule has 0 aliphatic heterocycles. The van der Waals surface area contributed by atoms with E-state index >= 15 is 0 Å². The van der Waals surface area contributed by atoms with E-state index in [1.807, 2.05) is 13.8 Å². The number of nitrogens with two attached hydrogens (primary N) is 2. The lowest BCUT2D eigenvalue weighted by atomic mass is 10.2. The second-order valence-corrected chi connectivity index (χ2v) is 3.48. The highest BCUT2D eigenvalue weighted by atomic mass is 16.9. The molecule has 0 amide bonds. The largest absolute Gasteiger partial charge is 0.368 e. The van der Waals surface area contributed by atoms with E-state index < -0.39 is 0 Å². The van der Waals surface area contributed by atoms with Gasteiger partial charge in [0.25, 0.3) is 5.95 Å². The summed E-state index contributed by atoms with van der Waals surface area (Å²) in [5, 5.41) is 1.05. The summed E-state index contributed by atoms with van der Waals surface area (Å²) in [6.07, 6.45) is 0. The van der Waals surface area contributed by atoms with Crippen LogP contribution in [-0.4, -0.2) is 28.7 Å². The van der Waals surface area contributed by atoms with Crippen LogP contribution in [0.3, 0.4) is 0 Å². The van der Waals surface area contributed by atoms with Gasteiger partial charge in [0.15, 0.2) is 0 Å². The lowest BCUT2D eigenvalue weighted by Gasteiger charge is -2.19. The Hall–Kier alpha value is -1.67. The smallest absolute Gasteiger partial charge is 0.284 e. The molecule has 8 nitrogen and oxygen atoms in total. The fourth-order valence-electron chi connectivity index (χ4n) is 0.888. The third kappa shape index (κ3) is 3.48. The fraction of sp³-hybridized carbons (Fsp3) is 0.625. The van der Waals surface area contributed by atoms with Crippen LogP contribution < -0.4 is 16.7 Å². The van der Waals surface area contributed by atoms with Gasteiger partial charge in [0.1, 0.15) is 0 Å². The highest BCUT2D eigenvalue weighted by molar-refractivity contribution is 5.35. The Kier molecular flexibility index (Phi) is 4.20. The highest BCUT2D eigenvalue weighted by Gasteiger charge is 2.13. The van der Waals surface area contributed by atoms with Crippen molar-refractivity contribution in [2.24, 2.45) is 5.92 Å². The Balaban J connectivity index is 2.78. The molecular weight excluding hydrogens is 212 g/mol. The molecule has 8 heteroatoms. The quantitative estimate of drug-likeness (QED) is 0.677. The van der Waals surface area contributed by atoms with Crippen molar-refractivity contribution in [3.63, 3.8) is 0 Å². The molecule has 0 atom stereocenters. The number of hydrogen-bond donors (Lipinski definition) is 2. The van der Waals surface area contributed by atoms with E-state index in [0.717, 1.165) is 5.23 Å². The van der Waals surface area contributed by atoms with E-state index in [1.165, 1.54) is 7.11 Å². The summed E-state index contributed by atoms with van der Waals surface area (Å²) < 4.78 is 0. The SMILES string of the molecule is CON(OCC(C)C)c1nc(N)nc(N)n1. The zero-order chi connectivity index (χ0) is 12.1. The van der Waals surface area contributed by atoms with Crippen molar-refractivity contribution in [1.82, 2.24) is 15.0 Å². The van der Waals surface area contributed by atoms with Gasteiger partial charge in [-0.25, -0.2) is 9.68 Å². The van der Waals surface area contributed by atoms with E-state index in [-0.39, 0.29) is 17.8 Å². The molecule has 0 fully saturated rings. The normalized spacial score (nSPS) is 10.8. The lowest BCUT2D eigenvalue weighted by Crippen LogP contribution is -2.27. The van der Waals surface area contributed by atoms with Crippen LogP contribution in [0.15, 0.2) is 0 Å². The summed E-state index contributed by atoms with van der Waals surface area (Å²) in [6.45, 7) is 4.47. The molecule has 0 saturated carbocycles. The van der Waals surface area contributed by atoms with E-state index in [9.17, 15) is 0 Å². The van der Waals surface area contributed by atoms with Gasteiger partial charge >= 0.3 is 0 Å². The average molecular weight is 228 g/mol. The van der Waals surface area contributed by atoms with Crippen molar-refractivity contribution in [2.45, 2.75) is 13.8 Å². The number of nitrogen functional groups attached to an aromatic ring is 2. The molecule has 1 aromatic heterocycles. The Bertz CT molecular complexity index is 325. The van der Waals surface area contributed by atoms with Gasteiger partial charge in [0.05, 0.1) is 13.7 Å². The Morgan fingerprint density at radius 3 is 2.19 bits per heavy atom. The molecule has 1 heterocycles. The monoisotopic (exact) mass is 228 g/mol. The molecule has 0 radical (unpaired) electrons. The van der Waals surface area contributed by atoms with Crippen molar-refractivity contribution in [3.05, 3.63) is 0 Å². The molecule has 4 N–H and O–H groups in total. The zero-order valence-electron chi connectivity index (χ0n) is 9.54. The second-order valence-electron chi connectivity index (χ2n) is 3.48. The Morgan fingerprint density at radius 1 is 1.19 bits per heavy atom. The van der Waals surface area contributed by atoms with Gasteiger partial charge in [-0.3, -0.25) is 0 Å². The summed E-state index contributed by atoms with van der Waals surface area (Å²) in [5.41, 5.74) is 10.9. The van der Waals surface area contributed by atoms with Crippen molar-refractivity contribution in [2.75, 3.05) is 30.4 Å². The fourth-order valence-corrected chi connectivity index (χ4v) is 0.888. The molecule has 0 aromatic carbocycles. The number of aromatic nitrogens is 3. The molecule has 1 rings (SSSR count). The van der Waals surface area contributed by atoms with Gasteiger partial charge in [-0.2, -0.15) is 15.0 Å². The topological polar surface area (TPSA) is 112 Å². The molecule has 90 valence electrons. The third-order valence-corrected chi connectivity index (χ3v) is 1.51. The minimum absolute atomic E-state index is 0.0118. The summed E-state index contributed by atoms with van der Waals surface area (Å²) in [5.74, 6) is 0.484. The lowest BCUT2D eigenvalue weighted by molar-refractivity contribution is -0.0796. The predicted molar refractivity (Wildman–Crippen MR) is 58.9 cm³/mol. The van der Waals surface area contributed by atoms with Gasteiger partial charge in [0, 0.05) is 0 Å². The third-order valence-electron chi connectivity index (χ3n) is 1.51. The first-order valence-corrected chi connectivity index (χ1v) is 4.77. The summed E-state index contributed by atoms with van der Waals surface area (Å²) >= 11 is 0. The van der Waals surface area contributed by atoms with Crippen LogP contribution >= 0.6 is 0 Å². The van der Waals surface area contributed by atoms with Gasteiger partial charge in [-0.15, -0.1) is 0 Å². The minimum atomic E-state index is 0.0118. The van der Waals surface area contributed by atoms with Crippen LogP contribution in [0.1, 0.15) is 13.8 Å². The van der Waals surface area contributed by atoms with Crippen LogP contribution in [0, 0.1) is 5.92 Å². The molecule has 0 spiro atoms. The summed E-state index contributed by atoms with van der Waals surface area (Å²) in [4.78, 5) is 21.6. The predicted octanol–water partition coefficient (Wildman–Crippen LogP) is -0.00860. The maximum atomic E-state index is 5.43. The first-order chi connectivity index (χ1) is 7.52. The maximum absolute atomic E-state index is 5.43. The molecule has 0 aliphatic carbocycles. The molecular formula is C8H16N6O2. The van der Waals surface area contributed by atoms with Crippen molar-refractivity contribution < 1.29 is 9.68 Å². The van der Waals surface area contributed by atoms with Crippen LogP contribution in [-0.2, 0) is 9.68 Å². The summed E-state index contributed by atoms with van der Waals surface area (Å²) in [7, 11) is 1.43. The van der Waals surface area contributed by atoms with Crippen molar-refractivity contribution in [1.29, 1.82) is 0 Å². The first kappa shape index (κ1) is 12.4. The van der Waals surface area contributed by atoms with Crippen LogP contribution in [0.5, 0.6) is 0 Å². The standard InChI is InChI=1S/C8H16N6O2/c1-5(2)4-16-14(15-3)8-12-6(9)11-7(10)13-8/h5H,4H2,1-3H3,(H4,9,10,11,12,13). The highest BCUT2D eigenvalue weighted by Crippen LogP contribution is 2.11.